The van der Waals surface area contributed by atoms with Gasteiger partial charge in [0.15, 0.2) is 0 Å². The predicted octanol–water partition coefficient (Wildman–Crippen LogP) is 2.61. The second-order valence-corrected chi connectivity index (χ2v) is 7.02. The maximum absolute atomic E-state index is 3.43. The van der Waals surface area contributed by atoms with Crippen molar-refractivity contribution in [3.05, 3.63) is 0 Å². The number of alkyl halides is 2. The minimum Gasteiger partial charge on any atom is -0.316 e. The standard InChI is InChI=1S/C8H15I2N/c1-6(2)8(10)3-4-11-5-7(8)9/h6-7,11H,3-5H2,1-2H3/t7-,8?/m1/s1. The summed E-state index contributed by atoms with van der Waals surface area (Å²) in [7, 11) is 0. The molecule has 0 aliphatic carbocycles. The van der Waals surface area contributed by atoms with E-state index in [9.17, 15) is 0 Å². The van der Waals surface area contributed by atoms with Crippen molar-refractivity contribution in [2.24, 2.45) is 5.92 Å². The molecule has 1 saturated heterocycles. The highest BCUT2D eigenvalue weighted by atomic mass is 127. The van der Waals surface area contributed by atoms with Crippen molar-refractivity contribution in [1.29, 1.82) is 0 Å². The normalized spacial score (nSPS) is 39.5. The first-order valence-corrected chi connectivity index (χ1v) is 6.43. The molecule has 2 atom stereocenters. The first-order chi connectivity index (χ1) is 5.07. The van der Waals surface area contributed by atoms with Gasteiger partial charge < -0.3 is 5.32 Å². The quantitative estimate of drug-likeness (QED) is 0.546. The van der Waals surface area contributed by atoms with Gasteiger partial charge in [-0.3, -0.25) is 0 Å². The summed E-state index contributed by atoms with van der Waals surface area (Å²) in [5, 5.41) is 3.43. The van der Waals surface area contributed by atoms with E-state index < -0.39 is 0 Å². The zero-order valence-corrected chi connectivity index (χ0v) is 11.3. The first kappa shape index (κ1) is 10.5. The van der Waals surface area contributed by atoms with Crippen molar-refractivity contribution in [2.75, 3.05) is 13.1 Å². The molecular formula is C8H15I2N. The third-order valence-electron chi connectivity index (χ3n) is 2.49. The topological polar surface area (TPSA) is 12.0 Å². The van der Waals surface area contributed by atoms with Crippen LogP contribution in [0.5, 0.6) is 0 Å². The van der Waals surface area contributed by atoms with Crippen molar-refractivity contribution in [2.45, 2.75) is 27.6 Å². The molecule has 3 heteroatoms. The fraction of sp³-hybridized carbons (Fsp3) is 1.00. The fourth-order valence-electron chi connectivity index (χ4n) is 1.49. The maximum Gasteiger partial charge on any atom is 0.0387 e. The summed E-state index contributed by atoms with van der Waals surface area (Å²) in [6, 6.07) is 0. The van der Waals surface area contributed by atoms with Crippen LogP contribution in [0.25, 0.3) is 0 Å². The Morgan fingerprint density at radius 2 is 2.18 bits per heavy atom. The molecular weight excluding hydrogens is 364 g/mol. The molecule has 0 bridgehead atoms. The minimum absolute atomic E-state index is 0.531. The smallest absolute Gasteiger partial charge is 0.0387 e. The van der Waals surface area contributed by atoms with Crippen molar-refractivity contribution in [3.63, 3.8) is 0 Å². The lowest BCUT2D eigenvalue weighted by Gasteiger charge is -2.40. The van der Waals surface area contributed by atoms with Gasteiger partial charge in [0.2, 0.25) is 0 Å². The summed E-state index contributed by atoms with van der Waals surface area (Å²) in [6.07, 6.45) is 1.32. The van der Waals surface area contributed by atoms with Crippen molar-refractivity contribution in [1.82, 2.24) is 5.32 Å². The minimum atomic E-state index is 0.531. The van der Waals surface area contributed by atoms with E-state index in [0.717, 1.165) is 9.84 Å². The predicted molar refractivity (Wildman–Crippen MR) is 66.9 cm³/mol. The van der Waals surface area contributed by atoms with E-state index in [1.807, 2.05) is 0 Å². The zero-order chi connectivity index (χ0) is 8.48. The van der Waals surface area contributed by atoms with E-state index in [0.29, 0.717) is 3.42 Å². The van der Waals surface area contributed by atoms with Crippen LogP contribution in [0.3, 0.4) is 0 Å². The van der Waals surface area contributed by atoms with Crippen LogP contribution < -0.4 is 5.32 Å². The highest BCUT2D eigenvalue weighted by Gasteiger charge is 2.39. The van der Waals surface area contributed by atoms with E-state index in [2.05, 4.69) is 64.3 Å². The van der Waals surface area contributed by atoms with Gasteiger partial charge in [-0.2, -0.15) is 0 Å². The Balaban J connectivity index is 2.64. The van der Waals surface area contributed by atoms with Crippen LogP contribution in [0.4, 0.5) is 0 Å². The number of hydrogen-bond acceptors (Lipinski definition) is 1. The van der Waals surface area contributed by atoms with Crippen LogP contribution >= 0.6 is 45.2 Å². The van der Waals surface area contributed by atoms with E-state index in [-0.39, 0.29) is 0 Å². The van der Waals surface area contributed by atoms with Gasteiger partial charge in [0.05, 0.1) is 0 Å². The molecule has 0 aromatic carbocycles. The van der Waals surface area contributed by atoms with Crippen LogP contribution in [-0.2, 0) is 0 Å². The van der Waals surface area contributed by atoms with E-state index in [1.54, 1.807) is 0 Å². The SMILES string of the molecule is CC(C)C1(I)CCNC[C@H]1I. The van der Waals surface area contributed by atoms with Crippen molar-refractivity contribution in [3.8, 4) is 0 Å². The Hall–Kier alpha value is 1.42. The maximum atomic E-state index is 3.43. The van der Waals surface area contributed by atoms with Gasteiger partial charge in [-0.1, -0.05) is 59.0 Å². The second-order valence-electron chi connectivity index (χ2n) is 3.50. The van der Waals surface area contributed by atoms with Gasteiger partial charge in [0, 0.05) is 13.9 Å². The molecule has 1 nitrogen and oxygen atoms in total. The molecule has 0 saturated carbocycles. The number of piperidine rings is 1. The van der Waals surface area contributed by atoms with E-state index >= 15 is 0 Å². The zero-order valence-electron chi connectivity index (χ0n) is 7.03. The van der Waals surface area contributed by atoms with E-state index in [1.165, 1.54) is 19.5 Å². The third-order valence-corrected chi connectivity index (χ3v) is 7.77. The van der Waals surface area contributed by atoms with Gasteiger partial charge in [0.25, 0.3) is 0 Å². The Morgan fingerprint density at radius 1 is 1.55 bits per heavy atom. The van der Waals surface area contributed by atoms with Crippen molar-refractivity contribution >= 4 is 45.2 Å². The molecule has 1 aliphatic heterocycles. The lowest BCUT2D eigenvalue weighted by molar-refractivity contribution is 0.369. The highest BCUT2D eigenvalue weighted by Crippen LogP contribution is 2.40. The molecule has 0 amide bonds. The van der Waals surface area contributed by atoms with Gasteiger partial charge in [-0.15, -0.1) is 0 Å². The summed E-state index contributed by atoms with van der Waals surface area (Å²) in [5.74, 6) is 0.798. The molecule has 1 fully saturated rings. The largest absolute Gasteiger partial charge is 0.316 e. The molecule has 1 N–H and O–H groups in total. The first-order valence-electron chi connectivity index (χ1n) is 4.11. The third kappa shape index (κ3) is 2.21. The molecule has 1 unspecified atom stereocenters. The van der Waals surface area contributed by atoms with Crippen LogP contribution in [-0.4, -0.2) is 20.4 Å². The molecule has 66 valence electrons. The van der Waals surface area contributed by atoms with Crippen LogP contribution in [0.2, 0.25) is 0 Å². The second kappa shape index (κ2) is 4.09. The molecule has 1 heterocycles. The Bertz CT molecular complexity index is 138. The van der Waals surface area contributed by atoms with Gasteiger partial charge >= 0.3 is 0 Å². The van der Waals surface area contributed by atoms with Gasteiger partial charge in [0.1, 0.15) is 0 Å². The number of halogens is 2. The summed E-state index contributed by atoms with van der Waals surface area (Å²) in [6.45, 7) is 7.05. The lowest BCUT2D eigenvalue weighted by atomic mass is 9.87. The molecule has 1 aliphatic rings. The molecule has 0 radical (unpaired) electrons. The highest BCUT2D eigenvalue weighted by molar-refractivity contribution is 14.1. The Kier molecular flexibility index (Phi) is 3.90. The molecule has 11 heavy (non-hydrogen) atoms. The van der Waals surface area contributed by atoms with Crippen LogP contribution in [0.15, 0.2) is 0 Å². The van der Waals surface area contributed by atoms with Gasteiger partial charge in [-0.05, 0) is 18.9 Å². The summed E-state index contributed by atoms with van der Waals surface area (Å²) in [5.41, 5.74) is 0. The average Bonchev–Trinajstić information content (AvgIpc) is 1.95. The monoisotopic (exact) mass is 379 g/mol. The number of nitrogens with one attached hydrogen (secondary N) is 1. The van der Waals surface area contributed by atoms with Crippen LogP contribution in [0, 0.1) is 5.92 Å². The summed E-state index contributed by atoms with van der Waals surface area (Å²) >= 11 is 5.24. The number of rotatable bonds is 1. The Morgan fingerprint density at radius 3 is 2.55 bits per heavy atom. The lowest BCUT2D eigenvalue weighted by Crippen LogP contribution is -2.49. The van der Waals surface area contributed by atoms with Gasteiger partial charge in [-0.25, -0.2) is 0 Å². The number of hydrogen-bond donors (Lipinski definition) is 1. The fourth-order valence-corrected chi connectivity index (χ4v) is 3.32. The molecule has 0 aromatic heterocycles. The van der Waals surface area contributed by atoms with E-state index in [4.69, 9.17) is 0 Å². The molecule has 0 aromatic rings. The molecule has 0 spiro atoms. The summed E-state index contributed by atoms with van der Waals surface area (Å²) < 4.78 is 1.32. The van der Waals surface area contributed by atoms with Crippen LogP contribution in [0.1, 0.15) is 20.3 Å². The molecule has 1 rings (SSSR count). The van der Waals surface area contributed by atoms with Crippen molar-refractivity contribution < 1.29 is 0 Å². The summed E-state index contributed by atoms with van der Waals surface area (Å²) in [4.78, 5) is 0. The Labute approximate surface area is 96.4 Å². The average molecular weight is 379 g/mol.